The highest BCUT2D eigenvalue weighted by Gasteiger charge is 2.35. The van der Waals surface area contributed by atoms with Crippen LogP contribution >= 0.6 is 11.3 Å². The van der Waals surface area contributed by atoms with Crippen molar-refractivity contribution in [2.75, 3.05) is 7.11 Å². The van der Waals surface area contributed by atoms with Crippen LogP contribution in [0.5, 0.6) is 11.5 Å². The number of para-hydroxylation sites is 1. The SMILES string of the molecule is COc1ccccc1[C@H]1C(C#N)=C(N)Oc2c1c(=O)sc1ccccc21. The lowest BCUT2D eigenvalue weighted by molar-refractivity contribution is 0.390. The third kappa shape index (κ3) is 2.33. The van der Waals surface area contributed by atoms with Crippen LogP contribution < -0.4 is 19.9 Å². The zero-order chi connectivity index (χ0) is 18.3. The average Bonchev–Trinajstić information content (AvgIpc) is 2.67. The van der Waals surface area contributed by atoms with Crippen LogP contribution in [0.2, 0.25) is 0 Å². The van der Waals surface area contributed by atoms with Crippen molar-refractivity contribution in [1.82, 2.24) is 0 Å². The molecule has 0 radical (unpaired) electrons. The summed E-state index contributed by atoms with van der Waals surface area (Å²) in [5, 5.41) is 10.5. The molecule has 3 aromatic rings. The number of rotatable bonds is 2. The van der Waals surface area contributed by atoms with Gasteiger partial charge in [0.1, 0.15) is 23.1 Å². The van der Waals surface area contributed by atoms with E-state index < -0.39 is 5.92 Å². The quantitative estimate of drug-likeness (QED) is 0.754. The number of nitriles is 1. The largest absolute Gasteiger partial charge is 0.496 e. The zero-order valence-electron chi connectivity index (χ0n) is 13.9. The van der Waals surface area contributed by atoms with Crippen molar-refractivity contribution in [2.45, 2.75) is 5.92 Å². The Labute approximate surface area is 153 Å². The monoisotopic (exact) mass is 362 g/mol. The summed E-state index contributed by atoms with van der Waals surface area (Å²) in [5.41, 5.74) is 7.40. The van der Waals surface area contributed by atoms with Gasteiger partial charge in [0.15, 0.2) is 0 Å². The van der Waals surface area contributed by atoms with Crippen molar-refractivity contribution < 1.29 is 9.47 Å². The number of fused-ring (bicyclic) bond motifs is 3. The van der Waals surface area contributed by atoms with Crippen molar-refractivity contribution in [3.63, 3.8) is 0 Å². The normalized spacial score (nSPS) is 15.9. The lowest BCUT2D eigenvalue weighted by Crippen LogP contribution is -2.25. The van der Waals surface area contributed by atoms with Crippen LogP contribution in [0.4, 0.5) is 0 Å². The van der Waals surface area contributed by atoms with E-state index in [-0.39, 0.29) is 16.2 Å². The van der Waals surface area contributed by atoms with Crippen LogP contribution in [0.25, 0.3) is 10.1 Å². The van der Waals surface area contributed by atoms with E-state index in [9.17, 15) is 10.1 Å². The minimum absolute atomic E-state index is 0.0108. The predicted molar refractivity (Wildman–Crippen MR) is 100 cm³/mol. The smallest absolute Gasteiger partial charge is 0.240 e. The standard InChI is InChI=1S/C20H14N2O3S/c1-24-14-8-4-2-6-11(14)16-13(10-21)19(22)25-18-12-7-3-5-9-15(12)26-20(23)17(16)18/h2-9,16H,22H2,1H3/t16-/m0/s1. The molecule has 0 spiro atoms. The van der Waals surface area contributed by atoms with Crippen LogP contribution in [0.15, 0.2) is 64.8 Å². The Kier molecular flexibility index (Phi) is 3.86. The van der Waals surface area contributed by atoms with Crippen molar-refractivity contribution in [1.29, 1.82) is 5.26 Å². The van der Waals surface area contributed by atoms with E-state index >= 15 is 0 Å². The topological polar surface area (TPSA) is 85.3 Å². The van der Waals surface area contributed by atoms with Crippen molar-refractivity contribution in [2.24, 2.45) is 5.73 Å². The number of nitrogens with two attached hydrogens (primary N) is 1. The highest BCUT2D eigenvalue weighted by atomic mass is 32.1. The van der Waals surface area contributed by atoms with Gasteiger partial charge in [-0.3, -0.25) is 4.79 Å². The van der Waals surface area contributed by atoms with Crippen molar-refractivity contribution >= 4 is 21.4 Å². The minimum atomic E-state index is -0.631. The Balaban J connectivity index is 2.11. The van der Waals surface area contributed by atoms with Gasteiger partial charge in [0.05, 0.1) is 18.6 Å². The molecule has 1 aromatic heterocycles. The summed E-state index contributed by atoms with van der Waals surface area (Å²) < 4.78 is 11.9. The number of nitrogens with zero attached hydrogens (tertiary/aromatic N) is 1. The fourth-order valence-corrected chi connectivity index (χ4v) is 4.22. The molecule has 2 aromatic carbocycles. The molecule has 0 saturated carbocycles. The molecule has 2 heterocycles. The van der Waals surface area contributed by atoms with E-state index in [4.69, 9.17) is 15.2 Å². The molecule has 128 valence electrons. The molecule has 0 unspecified atom stereocenters. The molecule has 1 atom stereocenters. The summed E-state index contributed by atoms with van der Waals surface area (Å²) >= 11 is 1.13. The Hall–Kier alpha value is -3.30. The Bertz CT molecular complexity index is 1160. The maximum absolute atomic E-state index is 13.0. The van der Waals surface area contributed by atoms with E-state index in [1.54, 1.807) is 13.2 Å². The first-order valence-electron chi connectivity index (χ1n) is 7.92. The summed E-state index contributed by atoms with van der Waals surface area (Å²) in [5.74, 6) is 0.380. The molecule has 2 N–H and O–H groups in total. The van der Waals surface area contributed by atoms with E-state index in [0.717, 1.165) is 21.4 Å². The van der Waals surface area contributed by atoms with Crippen LogP contribution in [0, 0.1) is 11.3 Å². The summed E-state index contributed by atoms with van der Waals surface area (Å²) in [4.78, 5) is 13.0. The predicted octanol–water partition coefficient (Wildman–Crippen LogP) is 3.49. The van der Waals surface area contributed by atoms with Gasteiger partial charge in [0.25, 0.3) is 0 Å². The number of allylic oxidation sites excluding steroid dienone is 1. The summed E-state index contributed by atoms with van der Waals surface area (Å²) in [6.45, 7) is 0. The molecule has 0 fully saturated rings. The number of ether oxygens (including phenoxy) is 2. The van der Waals surface area contributed by atoms with Gasteiger partial charge in [-0.2, -0.15) is 5.26 Å². The van der Waals surface area contributed by atoms with Gasteiger partial charge in [0.2, 0.25) is 10.6 Å². The van der Waals surface area contributed by atoms with Crippen LogP contribution in [-0.4, -0.2) is 7.11 Å². The fraction of sp³-hybridized carbons (Fsp3) is 0.100. The summed E-state index contributed by atoms with van der Waals surface area (Å²) in [7, 11) is 1.55. The first kappa shape index (κ1) is 16.2. The van der Waals surface area contributed by atoms with Gasteiger partial charge >= 0.3 is 0 Å². The van der Waals surface area contributed by atoms with Crippen LogP contribution in [0.1, 0.15) is 17.0 Å². The van der Waals surface area contributed by atoms with E-state index in [0.29, 0.717) is 22.6 Å². The fourth-order valence-electron chi connectivity index (χ4n) is 3.28. The molecule has 0 amide bonds. The average molecular weight is 362 g/mol. The molecule has 5 nitrogen and oxygen atoms in total. The van der Waals surface area contributed by atoms with Gasteiger partial charge in [0, 0.05) is 15.6 Å². The Morgan fingerprint density at radius 1 is 1.19 bits per heavy atom. The molecular weight excluding hydrogens is 348 g/mol. The molecule has 0 bridgehead atoms. The number of methoxy groups -OCH3 is 1. The van der Waals surface area contributed by atoms with Crippen molar-refractivity contribution in [3.8, 4) is 17.6 Å². The number of benzene rings is 2. The minimum Gasteiger partial charge on any atom is -0.496 e. The molecule has 0 aliphatic carbocycles. The molecule has 0 saturated heterocycles. The molecule has 1 aliphatic heterocycles. The molecular formula is C20H14N2O3S. The Morgan fingerprint density at radius 2 is 1.92 bits per heavy atom. The first-order valence-corrected chi connectivity index (χ1v) is 8.73. The number of hydrogen-bond acceptors (Lipinski definition) is 6. The number of hydrogen-bond donors (Lipinski definition) is 1. The van der Waals surface area contributed by atoms with Crippen molar-refractivity contribution in [3.05, 3.63) is 80.7 Å². The lowest BCUT2D eigenvalue weighted by atomic mass is 9.84. The molecule has 4 rings (SSSR count). The summed E-state index contributed by atoms with van der Waals surface area (Å²) in [6.07, 6.45) is 0. The maximum Gasteiger partial charge on any atom is 0.240 e. The lowest BCUT2D eigenvalue weighted by Gasteiger charge is -2.27. The van der Waals surface area contributed by atoms with Gasteiger partial charge in [-0.05, 0) is 18.2 Å². The third-order valence-electron chi connectivity index (χ3n) is 4.42. The first-order chi connectivity index (χ1) is 12.7. The van der Waals surface area contributed by atoms with Gasteiger partial charge in [-0.1, -0.05) is 41.7 Å². The zero-order valence-corrected chi connectivity index (χ0v) is 14.7. The van der Waals surface area contributed by atoms with E-state index in [2.05, 4.69) is 6.07 Å². The van der Waals surface area contributed by atoms with E-state index in [1.165, 1.54) is 0 Å². The second kappa shape index (κ2) is 6.21. The molecule has 26 heavy (non-hydrogen) atoms. The van der Waals surface area contributed by atoms with E-state index in [1.807, 2.05) is 42.5 Å². The van der Waals surface area contributed by atoms with Gasteiger partial charge in [-0.15, -0.1) is 0 Å². The second-order valence-electron chi connectivity index (χ2n) is 5.80. The highest BCUT2D eigenvalue weighted by molar-refractivity contribution is 7.16. The molecule has 6 heteroatoms. The summed E-state index contributed by atoms with van der Waals surface area (Å²) in [6, 6.07) is 16.9. The van der Waals surface area contributed by atoms with Gasteiger partial charge in [-0.25, -0.2) is 0 Å². The van der Waals surface area contributed by atoms with Crippen LogP contribution in [-0.2, 0) is 0 Å². The molecule has 1 aliphatic rings. The third-order valence-corrected chi connectivity index (χ3v) is 5.41. The highest BCUT2D eigenvalue weighted by Crippen LogP contribution is 2.46. The second-order valence-corrected chi connectivity index (χ2v) is 6.81. The Morgan fingerprint density at radius 3 is 2.69 bits per heavy atom. The van der Waals surface area contributed by atoms with Crippen LogP contribution in [0.3, 0.4) is 0 Å². The van der Waals surface area contributed by atoms with Gasteiger partial charge < -0.3 is 15.2 Å². The maximum atomic E-state index is 13.0.